The minimum atomic E-state index is 0.185. The number of thioether (sulfide) groups is 1. The number of carbonyl (C=O) groups excluding carboxylic acids is 1. The van der Waals surface area contributed by atoms with Gasteiger partial charge in [0.1, 0.15) is 5.82 Å². The number of aromatic nitrogens is 3. The number of amides is 1. The summed E-state index contributed by atoms with van der Waals surface area (Å²) in [5, 5.41) is 7.79. The van der Waals surface area contributed by atoms with Crippen LogP contribution in [0.15, 0.2) is 61.1 Å². The van der Waals surface area contributed by atoms with Crippen LogP contribution >= 0.6 is 11.8 Å². The Morgan fingerprint density at radius 1 is 1.11 bits per heavy atom. The van der Waals surface area contributed by atoms with Gasteiger partial charge in [0.2, 0.25) is 5.91 Å². The molecule has 0 radical (unpaired) electrons. The average Bonchev–Trinajstić information content (AvgIpc) is 3.47. The Kier molecular flexibility index (Phi) is 6.17. The van der Waals surface area contributed by atoms with Crippen molar-refractivity contribution < 1.29 is 4.79 Å². The van der Waals surface area contributed by atoms with Crippen LogP contribution < -0.4 is 5.32 Å². The van der Waals surface area contributed by atoms with Crippen molar-refractivity contribution in [2.45, 2.75) is 43.9 Å². The van der Waals surface area contributed by atoms with Gasteiger partial charge in [-0.25, -0.2) is 4.68 Å². The van der Waals surface area contributed by atoms with E-state index in [4.69, 9.17) is 0 Å². The molecule has 1 N–H and O–H groups in total. The summed E-state index contributed by atoms with van der Waals surface area (Å²) < 4.78 is 4.07. The normalized spacial score (nSPS) is 14.4. The summed E-state index contributed by atoms with van der Waals surface area (Å²) in [4.78, 5) is 12.1. The molecule has 2 heterocycles. The zero-order valence-corrected chi connectivity index (χ0v) is 16.8. The van der Waals surface area contributed by atoms with Crippen LogP contribution in [0.5, 0.6) is 0 Å². The van der Waals surface area contributed by atoms with E-state index < -0.39 is 0 Å². The monoisotopic (exact) mass is 394 g/mol. The smallest absolute Gasteiger partial charge is 0.221 e. The predicted molar refractivity (Wildman–Crippen MR) is 114 cm³/mol. The van der Waals surface area contributed by atoms with Crippen LogP contribution in [0.25, 0.3) is 11.5 Å². The van der Waals surface area contributed by atoms with Crippen molar-refractivity contribution in [3.05, 3.63) is 66.6 Å². The van der Waals surface area contributed by atoms with Crippen LogP contribution in [-0.2, 0) is 10.5 Å². The van der Waals surface area contributed by atoms with Gasteiger partial charge in [0.15, 0.2) is 0 Å². The van der Waals surface area contributed by atoms with Gasteiger partial charge in [-0.05, 0) is 37.1 Å². The highest BCUT2D eigenvalue weighted by Gasteiger charge is 2.17. The molecule has 0 unspecified atom stereocenters. The number of nitrogens with zero attached hydrogens (tertiary/aromatic N) is 3. The lowest BCUT2D eigenvalue weighted by Gasteiger charge is -2.12. The number of nitrogens with one attached hydrogen (secondary N) is 1. The summed E-state index contributed by atoms with van der Waals surface area (Å²) in [5.74, 6) is 2.89. The van der Waals surface area contributed by atoms with Crippen molar-refractivity contribution in [3.63, 3.8) is 0 Å². The molecule has 1 aromatic carbocycles. The molecule has 1 aliphatic carbocycles. The first-order valence-corrected chi connectivity index (χ1v) is 11.1. The van der Waals surface area contributed by atoms with E-state index in [0.717, 1.165) is 35.9 Å². The quantitative estimate of drug-likeness (QED) is 0.578. The van der Waals surface area contributed by atoms with Crippen LogP contribution in [0.1, 0.15) is 37.7 Å². The molecule has 0 saturated heterocycles. The van der Waals surface area contributed by atoms with Crippen LogP contribution in [0, 0.1) is 0 Å². The molecule has 1 saturated carbocycles. The summed E-state index contributed by atoms with van der Waals surface area (Å²) in [6.07, 6.45) is 11.4. The van der Waals surface area contributed by atoms with Crippen molar-refractivity contribution in [3.8, 4) is 11.5 Å². The fourth-order valence-corrected chi connectivity index (χ4v) is 4.60. The summed E-state index contributed by atoms with van der Waals surface area (Å²) in [7, 11) is 0. The van der Waals surface area contributed by atoms with E-state index in [1.807, 2.05) is 53.6 Å². The van der Waals surface area contributed by atoms with Gasteiger partial charge in [-0.2, -0.15) is 16.9 Å². The van der Waals surface area contributed by atoms with Crippen LogP contribution in [0.3, 0.4) is 0 Å². The van der Waals surface area contributed by atoms with E-state index >= 15 is 0 Å². The summed E-state index contributed by atoms with van der Waals surface area (Å²) in [5.41, 5.74) is 2.21. The first-order valence-electron chi connectivity index (χ1n) is 9.94. The molecule has 0 aliphatic heterocycles. The lowest BCUT2D eigenvalue weighted by Crippen LogP contribution is -2.32. The van der Waals surface area contributed by atoms with E-state index in [0.29, 0.717) is 12.5 Å². The number of hydrogen-bond donors (Lipinski definition) is 1. The van der Waals surface area contributed by atoms with E-state index in [9.17, 15) is 4.79 Å². The second-order valence-electron chi connectivity index (χ2n) is 7.18. The highest BCUT2D eigenvalue weighted by molar-refractivity contribution is 7.98. The first-order chi connectivity index (χ1) is 13.8. The van der Waals surface area contributed by atoms with Gasteiger partial charge in [-0.15, -0.1) is 0 Å². The topological polar surface area (TPSA) is 51.9 Å². The standard InChI is InChI=1S/C22H26N4OS/c27-21(24-19-8-4-5-9-19)12-15-28-17-18-16-23-26(20-10-2-1-3-11-20)22(18)25-13-6-7-14-25/h1-3,6-7,10-11,13-14,16,19H,4-5,8-9,12,15,17H2,(H,24,27). The first kappa shape index (κ1) is 18.9. The molecule has 6 heteroatoms. The van der Waals surface area contributed by atoms with Crippen molar-refractivity contribution >= 4 is 17.7 Å². The molecule has 5 nitrogen and oxygen atoms in total. The molecular formula is C22H26N4OS. The van der Waals surface area contributed by atoms with E-state index in [1.54, 1.807) is 11.8 Å². The van der Waals surface area contributed by atoms with Crippen LogP contribution in [0.2, 0.25) is 0 Å². The third-order valence-corrected chi connectivity index (χ3v) is 6.13. The maximum absolute atomic E-state index is 12.1. The van der Waals surface area contributed by atoms with Gasteiger partial charge < -0.3 is 9.88 Å². The molecule has 1 amide bonds. The molecule has 0 bridgehead atoms. The Morgan fingerprint density at radius 3 is 2.61 bits per heavy atom. The molecular weight excluding hydrogens is 368 g/mol. The van der Waals surface area contributed by atoms with Crippen molar-refractivity contribution in [2.24, 2.45) is 0 Å². The van der Waals surface area contributed by atoms with Gasteiger partial charge in [0.25, 0.3) is 0 Å². The molecule has 0 spiro atoms. The van der Waals surface area contributed by atoms with E-state index in [2.05, 4.69) is 27.1 Å². The summed E-state index contributed by atoms with van der Waals surface area (Å²) >= 11 is 1.79. The van der Waals surface area contributed by atoms with Crippen molar-refractivity contribution in [2.75, 3.05) is 5.75 Å². The van der Waals surface area contributed by atoms with Gasteiger partial charge in [-0.3, -0.25) is 4.79 Å². The Bertz CT molecular complexity index is 883. The van der Waals surface area contributed by atoms with Crippen LogP contribution in [-0.4, -0.2) is 32.0 Å². The summed E-state index contributed by atoms with van der Waals surface area (Å²) in [6.45, 7) is 0. The third-order valence-electron chi connectivity index (χ3n) is 5.12. The number of hydrogen-bond acceptors (Lipinski definition) is 3. The van der Waals surface area contributed by atoms with Crippen molar-refractivity contribution in [1.29, 1.82) is 0 Å². The highest BCUT2D eigenvalue weighted by Crippen LogP contribution is 2.24. The highest BCUT2D eigenvalue weighted by atomic mass is 32.2. The summed E-state index contributed by atoms with van der Waals surface area (Å²) in [6, 6.07) is 14.6. The number of carbonyl (C=O) groups is 1. The van der Waals surface area contributed by atoms with Gasteiger partial charge in [0, 0.05) is 41.9 Å². The minimum Gasteiger partial charge on any atom is -0.353 e. The molecule has 4 rings (SSSR count). The third kappa shape index (κ3) is 4.50. The molecule has 0 atom stereocenters. The fourth-order valence-electron chi connectivity index (χ4n) is 3.70. The number of benzene rings is 1. The Hall–Kier alpha value is -2.47. The second-order valence-corrected chi connectivity index (χ2v) is 8.29. The lowest BCUT2D eigenvalue weighted by atomic mass is 10.2. The average molecular weight is 395 g/mol. The van der Waals surface area contributed by atoms with Gasteiger partial charge in [-0.1, -0.05) is 31.0 Å². The molecule has 28 heavy (non-hydrogen) atoms. The molecule has 1 fully saturated rings. The number of rotatable bonds is 8. The Labute approximate surface area is 170 Å². The predicted octanol–water partition coefficient (Wildman–Crippen LogP) is 4.35. The SMILES string of the molecule is O=C(CCSCc1cnn(-c2ccccc2)c1-n1cccc1)NC1CCCC1. The van der Waals surface area contributed by atoms with Gasteiger partial charge in [0.05, 0.1) is 11.9 Å². The van der Waals surface area contributed by atoms with Crippen LogP contribution in [0.4, 0.5) is 0 Å². The maximum Gasteiger partial charge on any atom is 0.221 e. The van der Waals surface area contributed by atoms with Gasteiger partial charge >= 0.3 is 0 Å². The number of para-hydroxylation sites is 1. The zero-order valence-electron chi connectivity index (χ0n) is 16.0. The molecule has 3 aromatic rings. The minimum absolute atomic E-state index is 0.185. The van der Waals surface area contributed by atoms with E-state index in [-0.39, 0.29) is 5.91 Å². The largest absolute Gasteiger partial charge is 0.353 e. The molecule has 1 aliphatic rings. The zero-order chi connectivity index (χ0) is 19.2. The Balaban J connectivity index is 1.39. The van der Waals surface area contributed by atoms with E-state index in [1.165, 1.54) is 18.4 Å². The maximum atomic E-state index is 12.1. The fraction of sp³-hybridized carbons (Fsp3) is 0.364. The molecule has 146 valence electrons. The molecule has 2 aromatic heterocycles. The second kappa shape index (κ2) is 9.15. The lowest BCUT2D eigenvalue weighted by molar-refractivity contribution is -0.121. The Morgan fingerprint density at radius 2 is 1.86 bits per heavy atom. The van der Waals surface area contributed by atoms with Crippen molar-refractivity contribution in [1.82, 2.24) is 19.7 Å².